The molecule has 0 radical (unpaired) electrons. The van der Waals surface area contributed by atoms with Gasteiger partial charge < -0.3 is 9.84 Å². The minimum atomic E-state index is -0.609. The van der Waals surface area contributed by atoms with Crippen molar-refractivity contribution < 1.29 is 9.84 Å². The Bertz CT molecular complexity index is 460. The Morgan fingerprint density at radius 1 is 1.14 bits per heavy atom. The second-order valence-corrected chi connectivity index (χ2v) is 6.68. The van der Waals surface area contributed by atoms with Crippen molar-refractivity contribution in [2.45, 2.75) is 32.9 Å². The third-order valence-electron chi connectivity index (χ3n) is 3.91. The van der Waals surface area contributed by atoms with E-state index in [0.29, 0.717) is 0 Å². The monoisotopic (exact) mass is 292 g/mol. The lowest BCUT2D eigenvalue weighted by Gasteiger charge is -2.37. The van der Waals surface area contributed by atoms with Gasteiger partial charge in [-0.05, 0) is 26.8 Å². The van der Waals surface area contributed by atoms with Gasteiger partial charge >= 0.3 is 0 Å². The van der Waals surface area contributed by atoms with Crippen LogP contribution in [0.1, 0.15) is 25.0 Å². The topological polar surface area (TPSA) is 35.9 Å². The molecule has 4 heteroatoms. The molecule has 1 heterocycles. The summed E-state index contributed by atoms with van der Waals surface area (Å²) in [6.45, 7) is 11.6. The van der Waals surface area contributed by atoms with Crippen LogP contribution in [0.25, 0.3) is 0 Å². The fourth-order valence-corrected chi connectivity index (χ4v) is 2.92. The van der Waals surface area contributed by atoms with E-state index in [0.717, 1.165) is 45.0 Å². The van der Waals surface area contributed by atoms with E-state index in [1.165, 1.54) is 11.1 Å². The number of methoxy groups -OCH3 is 1. The molecule has 1 N–H and O–H groups in total. The van der Waals surface area contributed by atoms with Crippen LogP contribution in [0.4, 0.5) is 0 Å². The zero-order valence-electron chi connectivity index (χ0n) is 13.7. The molecule has 0 aromatic heterocycles. The van der Waals surface area contributed by atoms with Gasteiger partial charge in [0, 0.05) is 44.8 Å². The second-order valence-electron chi connectivity index (χ2n) is 6.68. The first-order valence-electron chi connectivity index (χ1n) is 7.68. The summed E-state index contributed by atoms with van der Waals surface area (Å²) in [6.07, 6.45) is 0. The van der Waals surface area contributed by atoms with Gasteiger partial charge in [-0.25, -0.2) is 0 Å². The van der Waals surface area contributed by atoms with Gasteiger partial charge in [-0.15, -0.1) is 0 Å². The van der Waals surface area contributed by atoms with Gasteiger partial charge in [-0.2, -0.15) is 0 Å². The van der Waals surface area contributed by atoms with Crippen LogP contribution in [-0.4, -0.2) is 60.3 Å². The predicted molar refractivity (Wildman–Crippen MR) is 85.7 cm³/mol. The average molecular weight is 292 g/mol. The van der Waals surface area contributed by atoms with Crippen LogP contribution >= 0.6 is 0 Å². The maximum absolute atomic E-state index is 9.90. The third-order valence-corrected chi connectivity index (χ3v) is 3.91. The van der Waals surface area contributed by atoms with E-state index in [2.05, 4.69) is 34.9 Å². The summed E-state index contributed by atoms with van der Waals surface area (Å²) in [7, 11) is 1.73. The molecule has 0 atom stereocenters. The Morgan fingerprint density at radius 2 is 1.76 bits per heavy atom. The molecule has 1 aliphatic rings. The second kappa shape index (κ2) is 6.77. The number of benzene rings is 1. The van der Waals surface area contributed by atoms with Gasteiger partial charge in [0.05, 0.1) is 12.7 Å². The molecule has 0 amide bonds. The highest BCUT2D eigenvalue weighted by molar-refractivity contribution is 5.36. The molecule has 0 unspecified atom stereocenters. The largest absolute Gasteiger partial charge is 0.496 e. The summed E-state index contributed by atoms with van der Waals surface area (Å²) >= 11 is 0. The van der Waals surface area contributed by atoms with E-state index in [-0.39, 0.29) is 0 Å². The van der Waals surface area contributed by atoms with E-state index in [9.17, 15) is 5.11 Å². The SMILES string of the molecule is COc1ccc(C)cc1CN1CCN(CC(C)(C)O)CC1. The van der Waals surface area contributed by atoms with Crippen LogP contribution in [0.15, 0.2) is 18.2 Å². The van der Waals surface area contributed by atoms with Crippen LogP contribution in [0.2, 0.25) is 0 Å². The molecule has 1 fully saturated rings. The molecule has 0 spiro atoms. The summed E-state index contributed by atoms with van der Waals surface area (Å²) in [4.78, 5) is 4.79. The van der Waals surface area contributed by atoms with Crippen LogP contribution in [0.3, 0.4) is 0 Å². The first-order valence-corrected chi connectivity index (χ1v) is 7.68. The zero-order chi connectivity index (χ0) is 15.5. The number of aliphatic hydroxyl groups is 1. The smallest absolute Gasteiger partial charge is 0.123 e. The van der Waals surface area contributed by atoms with Crippen molar-refractivity contribution in [3.63, 3.8) is 0 Å². The van der Waals surface area contributed by atoms with E-state index in [1.54, 1.807) is 7.11 Å². The Kier molecular flexibility index (Phi) is 5.25. The lowest BCUT2D eigenvalue weighted by Crippen LogP contribution is -2.50. The van der Waals surface area contributed by atoms with Crippen molar-refractivity contribution in [2.24, 2.45) is 0 Å². The van der Waals surface area contributed by atoms with Gasteiger partial charge in [-0.3, -0.25) is 9.80 Å². The molecule has 21 heavy (non-hydrogen) atoms. The van der Waals surface area contributed by atoms with E-state index >= 15 is 0 Å². The number of β-amino-alcohol motifs (C(OH)–C–C–N with tert-alkyl or cyclic N) is 1. The van der Waals surface area contributed by atoms with Crippen molar-refractivity contribution in [1.82, 2.24) is 9.80 Å². The van der Waals surface area contributed by atoms with Gasteiger partial charge in [0.2, 0.25) is 0 Å². The Labute approximate surface area is 128 Å². The molecule has 1 aromatic rings. The van der Waals surface area contributed by atoms with Crippen LogP contribution in [0, 0.1) is 6.92 Å². The first kappa shape index (κ1) is 16.3. The highest BCUT2D eigenvalue weighted by atomic mass is 16.5. The molecule has 0 bridgehead atoms. The normalized spacial score (nSPS) is 18.0. The van der Waals surface area contributed by atoms with Crippen molar-refractivity contribution in [2.75, 3.05) is 39.8 Å². The summed E-state index contributed by atoms with van der Waals surface area (Å²) in [5.74, 6) is 0.972. The van der Waals surface area contributed by atoms with Crippen molar-refractivity contribution in [3.05, 3.63) is 29.3 Å². The molecule has 4 nitrogen and oxygen atoms in total. The highest BCUT2D eigenvalue weighted by Crippen LogP contribution is 2.22. The first-order chi connectivity index (χ1) is 9.87. The van der Waals surface area contributed by atoms with Gasteiger partial charge in [0.15, 0.2) is 0 Å². The maximum atomic E-state index is 9.90. The standard InChI is InChI=1S/C17H28N2O2/c1-14-5-6-16(21-4)15(11-14)12-18-7-9-19(10-8-18)13-17(2,3)20/h5-6,11,20H,7-10,12-13H2,1-4H3. The number of hydrogen-bond acceptors (Lipinski definition) is 4. The Morgan fingerprint density at radius 3 is 2.33 bits per heavy atom. The number of hydrogen-bond donors (Lipinski definition) is 1. The fraction of sp³-hybridized carbons (Fsp3) is 0.647. The molecule has 1 aromatic carbocycles. The Hall–Kier alpha value is -1.10. The lowest BCUT2D eigenvalue weighted by molar-refractivity contribution is 0.0166. The molecule has 118 valence electrons. The van der Waals surface area contributed by atoms with Crippen molar-refractivity contribution in [3.8, 4) is 5.75 Å². The van der Waals surface area contributed by atoms with Crippen LogP contribution < -0.4 is 4.74 Å². The highest BCUT2D eigenvalue weighted by Gasteiger charge is 2.23. The molecule has 2 rings (SSSR count). The minimum Gasteiger partial charge on any atom is -0.496 e. The van der Waals surface area contributed by atoms with E-state index < -0.39 is 5.60 Å². The van der Waals surface area contributed by atoms with Crippen LogP contribution in [-0.2, 0) is 6.54 Å². The number of aryl methyl sites for hydroxylation is 1. The molecular weight excluding hydrogens is 264 g/mol. The predicted octanol–water partition coefficient (Wildman–Crippen LogP) is 1.89. The van der Waals surface area contributed by atoms with Crippen molar-refractivity contribution >= 4 is 0 Å². The summed E-state index contributed by atoms with van der Waals surface area (Å²) < 4.78 is 5.46. The number of ether oxygens (including phenoxy) is 1. The summed E-state index contributed by atoms with van der Waals surface area (Å²) in [5.41, 5.74) is 1.92. The minimum absolute atomic E-state index is 0.609. The molecule has 1 saturated heterocycles. The molecule has 0 aliphatic carbocycles. The number of nitrogens with zero attached hydrogens (tertiary/aromatic N) is 2. The summed E-state index contributed by atoms with van der Waals surface area (Å²) in [5, 5.41) is 9.90. The van der Waals surface area contributed by atoms with E-state index in [4.69, 9.17) is 4.74 Å². The molecular formula is C17H28N2O2. The fourth-order valence-electron chi connectivity index (χ4n) is 2.92. The molecule has 1 aliphatic heterocycles. The third kappa shape index (κ3) is 4.99. The van der Waals surface area contributed by atoms with Gasteiger partial charge in [0.25, 0.3) is 0 Å². The van der Waals surface area contributed by atoms with Crippen molar-refractivity contribution in [1.29, 1.82) is 0 Å². The zero-order valence-corrected chi connectivity index (χ0v) is 13.7. The molecule has 0 saturated carbocycles. The average Bonchev–Trinajstić information content (AvgIpc) is 2.40. The lowest BCUT2D eigenvalue weighted by atomic mass is 10.1. The number of rotatable bonds is 5. The number of piperazine rings is 1. The van der Waals surface area contributed by atoms with Gasteiger partial charge in [-0.1, -0.05) is 17.7 Å². The van der Waals surface area contributed by atoms with Crippen LogP contribution in [0.5, 0.6) is 5.75 Å². The van der Waals surface area contributed by atoms with E-state index in [1.807, 2.05) is 13.8 Å². The Balaban J connectivity index is 1.90. The van der Waals surface area contributed by atoms with Gasteiger partial charge in [0.1, 0.15) is 5.75 Å². The quantitative estimate of drug-likeness (QED) is 0.899. The maximum Gasteiger partial charge on any atom is 0.123 e. The summed E-state index contributed by atoms with van der Waals surface area (Å²) in [6, 6.07) is 6.35.